The molecule has 2 atom stereocenters. The third-order valence-electron chi connectivity index (χ3n) is 3.91. The van der Waals surface area contributed by atoms with Crippen LogP contribution in [0.15, 0.2) is 0 Å². The van der Waals surface area contributed by atoms with Crippen molar-refractivity contribution in [3.63, 3.8) is 0 Å². The standard InChI is InChI=1S/C15H29N3O3/c1-11(2)8-9-16-15(21)17-14(20)10-18(3)12-6-4-5-7-13(12)19/h11-13,19H,4-10H2,1-3H3,(H2,16,17,20,21). The van der Waals surface area contributed by atoms with Gasteiger partial charge in [0.25, 0.3) is 0 Å². The molecule has 0 bridgehead atoms. The van der Waals surface area contributed by atoms with Crippen LogP contribution in [0.4, 0.5) is 4.79 Å². The third-order valence-corrected chi connectivity index (χ3v) is 3.91. The molecular formula is C15H29N3O3. The van der Waals surface area contributed by atoms with Crippen molar-refractivity contribution in [1.82, 2.24) is 15.5 Å². The van der Waals surface area contributed by atoms with Crippen LogP contribution in [-0.2, 0) is 4.79 Å². The topological polar surface area (TPSA) is 81.7 Å². The van der Waals surface area contributed by atoms with Crippen LogP contribution in [0.2, 0.25) is 0 Å². The van der Waals surface area contributed by atoms with Gasteiger partial charge in [0.1, 0.15) is 0 Å². The number of aliphatic hydroxyl groups excluding tert-OH is 1. The lowest BCUT2D eigenvalue weighted by Crippen LogP contribution is -2.49. The molecule has 1 saturated carbocycles. The fourth-order valence-corrected chi connectivity index (χ4v) is 2.63. The average molecular weight is 299 g/mol. The summed E-state index contributed by atoms with van der Waals surface area (Å²) in [7, 11) is 1.81. The average Bonchev–Trinajstić information content (AvgIpc) is 2.38. The van der Waals surface area contributed by atoms with E-state index in [2.05, 4.69) is 24.5 Å². The van der Waals surface area contributed by atoms with E-state index < -0.39 is 6.03 Å². The molecule has 0 radical (unpaired) electrons. The fraction of sp³-hybridized carbons (Fsp3) is 0.867. The SMILES string of the molecule is CC(C)CCNC(=O)NC(=O)CN(C)C1CCCCC1O. The summed E-state index contributed by atoms with van der Waals surface area (Å²) in [4.78, 5) is 25.2. The van der Waals surface area contributed by atoms with Crippen LogP contribution in [0, 0.1) is 5.92 Å². The maximum absolute atomic E-state index is 11.8. The number of nitrogens with one attached hydrogen (secondary N) is 2. The molecule has 3 N–H and O–H groups in total. The van der Waals surface area contributed by atoms with Crippen molar-refractivity contribution < 1.29 is 14.7 Å². The Balaban J connectivity index is 2.27. The molecule has 0 saturated heterocycles. The second-order valence-electron chi connectivity index (χ2n) is 6.32. The Bertz CT molecular complexity index is 347. The molecule has 122 valence electrons. The third kappa shape index (κ3) is 6.91. The van der Waals surface area contributed by atoms with Crippen LogP contribution in [-0.4, -0.2) is 54.2 Å². The van der Waals surface area contributed by atoms with E-state index in [1.165, 1.54) is 0 Å². The summed E-state index contributed by atoms with van der Waals surface area (Å²) in [6.45, 7) is 4.84. The van der Waals surface area contributed by atoms with Crippen molar-refractivity contribution in [3.05, 3.63) is 0 Å². The number of hydrogen-bond donors (Lipinski definition) is 3. The molecule has 21 heavy (non-hydrogen) atoms. The zero-order chi connectivity index (χ0) is 15.8. The molecule has 6 nitrogen and oxygen atoms in total. The maximum Gasteiger partial charge on any atom is 0.321 e. The first-order chi connectivity index (χ1) is 9.90. The number of hydrogen-bond acceptors (Lipinski definition) is 4. The van der Waals surface area contributed by atoms with Gasteiger partial charge in [0, 0.05) is 12.6 Å². The Morgan fingerprint density at radius 2 is 1.95 bits per heavy atom. The van der Waals surface area contributed by atoms with Crippen molar-refractivity contribution in [2.24, 2.45) is 5.92 Å². The van der Waals surface area contributed by atoms with Crippen LogP contribution in [0.1, 0.15) is 46.0 Å². The molecule has 0 spiro atoms. The molecular weight excluding hydrogens is 270 g/mol. The van der Waals surface area contributed by atoms with Gasteiger partial charge >= 0.3 is 6.03 Å². The lowest BCUT2D eigenvalue weighted by atomic mass is 9.91. The van der Waals surface area contributed by atoms with E-state index in [4.69, 9.17) is 0 Å². The van der Waals surface area contributed by atoms with E-state index in [0.717, 1.165) is 32.1 Å². The van der Waals surface area contributed by atoms with E-state index in [0.29, 0.717) is 12.5 Å². The van der Waals surface area contributed by atoms with Gasteiger partial charge in [0.2, 0.25) is 5.91 Å². The summed E-state index contributed by atoms with van der Waals surface area (Å²) in [5, 5.41) is 14.9. The van der Waals surface area contributed by atoms with Gasteiger partial charge in [-0.05, 0) is 32.2 Å². The van der Waals surface area contributed by atoms with Gasteiger partial charge in [0.15, 0.2) is 0 Å². The minimum absolute atomic E-state index is 0.00787. The van der Waals surface area contributed by atoms with Crippen LogP contribution < -0.4 is 10.6 Å². The predicted octanol–water partition coefficient (Wildman–Crippen LogP) is 1.09. The van der Waals surface area contributed by atoms with Crippen LogP contribution >= 0.6 is 0 Å². The minimum Gasteiger partial charge on any atom is -0.391 e. The highest BCUT2D eigenvalue weighted by Crippen LogP contribution is 2.21. The van der Waals surface area contributed by atoms with Crippen LogP contribution in [0.5, 0.6) is 0 Å². The van der Waals surface area contributed by atoms with E-state index in [1.807, 2.05) is 11.9 Å². The number of urea groups is 1. The second-order valence-corrected chi connectivity index (χ2v) is 6.32. The van der Waals surface area contributed by atoms with E-state index >= 15 is 0 Å². The summed E-state index contributed by atoms with van der Waals surface area (Å²) in [6, 6.07) is -0.438. The van der Waals surface area contributed by atoms with Crippen molar-refractivity contribution in [2.45, 2.75) is 58.1 Å². The molecule has 0 aromatic carbocycles. The molecule has 2 unspecified atom stereocenters. The lowest BCUT2D eigenvalue weighted by molar-refractivity contribution is -0.122. The summed E-state index contributed by atoms with van der Waals surface area (Å²) >= 11 is 0. The molecule has 1 aliphatic rings. The number of amides is 3. The van der Waals surface area contributed by atoms with E-state index in [1.54, 1.807) is 0 Å². The Morgan fingerprint density at radius 3 is 2.57 bits per heavy atom. The Hall–Kier alpha value is -1.14. The number of carbonyl (C=O) groups excluding carboxylic acids is 2. The molecule has 0 aliphatic heterocycles. The summed E-state index contributed by atoms with van der Waals surface area (Å²) in [5.74, 6) is 0.178. The maximum atomic E-state index is 11.8. The molecule has 1 aliphatic carbocycles. The molecule has 6 heteroatoms. The van der Waals surface area contributed by atoms with Gasteiger partial charge < -0.3 is 10.4 Å². The number of nitrogens with zero attached hydrogens (tertiary/aromatic N) is 1. The molecule has 3 amide bonds. The predicted molar refractivity (Wildman–Crippen MR) is 81.9 cm³/mol. The largest absolute Gasteiger partial charge is 0.391 e. The Morgan fingerprint density at radius 1 is 1.29 bits per heavy atom. The highest BCUT2D eigenvalue weighted by Gasteiger charge is 2.27. The van der Waals surface area contributed by atoms with Crippen molar-refractivity contribution in [3.8, 4) is 0 Å². The molecule has 0 aromatic rings. The quantitative estimate of drug-likeness (QED) is 0.686. The van der Waals surface area contributed by atoms with Crippen LogP contribution in [0.3, 0.4) is 0 Å². The first-order valence-electron chi connectivity index (χ1n) is 7.86. The number of imide groups is 1. The lowest BCUT2D eigenvalue weighted by Gasteiger charge is -2.34. The number of rotatable bonds is 6. The van der Waals surface area contributed by atoms with Crippen molar-refractivity contribution >= 4 is 11.9 Å². The van der Waals surface area contributed by atoms with E-state index in [9.17, 15) is 14.7 Å². The molecule has 0 heterocycles. The van der Waals surface area contributed by atoms with Gasteiger partial charge in [-0.1, -0.05) is 26.7 Å². The highest BCUT2D eigenvalue weighted by atomic mass is 16.3. The Kier molecular flexibility index (Phi) is 7.67. The molecule has 0 aromatic heterocycles. The zero-order valence-corrected chi connectivity index (χ0v) is 13.4. The normalized spacial score (nSPS) is 22.4. The zero-order valence-electron chi connectivity index (χ0n) is 13.4. The minimum atomic E-state index is -0.446. The monoisotopic (exact) mass is 299 g/mol. The van der Waals surface area contributed by atoms with E-state index in [-0.39, 0.29) is 24.6 Å². The van der Waals surface area contributed by atoms with Gasteiger partial charge in [-0.25, -0.2) is 4.79 Å². The van der Waals surface area contributed by atoms with Crippen molar-refractivity contribution in [1.29, 1.82) is 0 Å². The molecule has 1 rings (SSSR count). The van der Waals surface area contributed by atoms with Crippen molar-refractivity contribution in [2.75, 3.05) is 20.1 Å². The van der Waals surface area contributed by atoms with Gasteiger partial charge in [-0.3, -0.25) is 15.0 Å². The van der Waals surface area contributed by atoms with Gasteiger partial charge in [0.05, 0.1) is 12.6 Å². The fourth-order valence-electron chi connectivity index (χ4n) is 2.63. The number of carbonyl (C=O) groups is 2. The first kappa shape index (κ1) is 17.9. The highest BCUT2D eigenvalue weighted by molar-refractivity contribution is 5.95. The Labute approximate surface area is 127 Å². The van der Waals surface area contributed by atoms with Gasteiger partial charge in [-0.15, -0.1) is 0 Å². The smallest absolute Gasteiger partial charge is 0.321 e. The summed E-state index contributed by atoms with van der Waals surface area (Å²) in [6.07, 6.45) is 4.30. The first-order valence-corrected chi connectivity index (χ1v) is 7.86. The van der Waals surface area contributed by atoms with Gasteiger partial charge in [-0.2, -0.15) is 0 Å². The number of likely N-dealkylation sites (N-methyl/N-ethyl adjacent to an activating group) is 1. The number of aliphatic hydroxyl groups is 1. The molecule has 1 fully saturated rings. The summed E-state index contributed by atoms with van der Waals surface area (Å²) < 4.78 is 0. The van der Waals surface area contributed by atoms with Crippen LogP contribution in [0.25, 0.3) is 0 Å². The summed E-state index contributed by atoms with van der Waals surface area (Å²) in [5.41, 5.74) is 0. The second kappa shape index (κ2) is 9.00.